The molecule has 7 heteroatoms. The molecule has 1 aromatic heterocycles. The molecule has 2 N–H and O–H groups in total. The van der Waals surface area contributed by atoms with Crippen molar-refractivity contribution >= 4 is 28.6 Å². The Kier molecular flexibility index (Phi) is 3.77. The van der Waals surface area contributed by atoms with Crippen molar-refractivity contribution in [2.45, 2.75) is 19.3 Å². The zero-order valence-electron chi connectivity index (χ0n) is 12.2. The first-order valence-electron chi connectivity index (χ1n) is 7.27. The number of aromatic carboxylic acids is 1. The van der Waals surface area contributed by atoms with Gasteiger partial charge in [0.05, 0.1) is 17.4 Å². The number of benzene rings is 1. The van der Waals surface area contributed by atoms with Crippen LogP contribution in [0.1, 0.15) is 29.0 Å². The molecule has 1 fully saturated rings. The van der Waals surface area contributed by atoms with Crippen molar-refractivity contribution in [3.05, 3.63) is 39.7 Å². The van der Waals surface area contributed by atoms with Crippen molar-refractivity contribution in [3.8, 4) is 0 Å². The predicted octanol–water partition coefficient (Wildman–Crippen LogP) is 1.72. The quantitative estimate of drug-likeness (QED) is 0.883. The molecule has 2 heterocycles. The second kappa shape index (κ2) is 5.75. The summed E-state index contributed by atoms with van der Waals surface area (Å²) in [5, 5.41) is 18.3. The average Bonchev–Trinajstić information content (AvgIpc) is 3.03. The van der Waals surface area contributed by atoms with Crippen LogP contribution in [0.5, 0.6) is 0 Å². The molecule has 0 saturated carbocycles. The molecule has 7 nitrogen and oxygen atoms in total. The lowest BCUT2D eigenvalue weighted by Crippen LogP contribution is -2.21. The SMILES string of the molecule is O=C(O)Cc1c(C(=O)O)oc2ccc(N3CCCC3)cc2c1=O. The fraction of sp³-hybridized carbons (Fsp3) is 0.312. The smallest absolute Gasteiger partial charge is 0.372 e. The van der Waals surface area contributed by atoms with Gasteiger partial charge in [0.1, 0.15) is 5.58 Å². The van der Waals surface area contributed by atoms with Crippen molar-refractivity contribution in [2.24, 2.45) is 0 Å². The van der Waals surface area contributed by atoms with Crippen LogP contribution in [-0.2, 0) is 11.2 Å². The minimum Gasteiger partial charge on any atom is -0.481 e. The first kappa shape index (κ1) is 15.1. The van der Waals surface area contributed by atoms with Crippen LogP contribution in [0.2, 0.25) is 0 Å². The summed E-state index contributed by atoms with van der Waals surface area (Å²) in [4.78, 5) is 36.8. The molecule has 0 amide bonds. The number of carboxylic acid groups (broad SMARTS) is 2. The minimum atomic E-state index is -1.45. The number of carboxylic acids is 2. The summed E-state index contributed by atoms with van der Waals surface area (Å²) < 4.78 is 5.27. The summed E-state index contributed by atoms with van der Waals surface area (Å²) in [7, 11) is 0. The standard InChI is InChI=1S/C16H15NO6/c18-13(19)8-11-14(20)10-7-9(17-5-1-2-6-17)3-4-12(10)23-15(11)16(21)22/h3-4,7H,1-2,5-6,8H2,(H,18,19)(H,21,22). The Morgan fingerprint density at radius 2 is 1.87 bits per heavy atom. The fourth-order valence-electron chi connectivity index (χ4n) is 2.88. The van der Waals surface area contributed by atoms with E-state index in [-0.39, 0.29) is 16.5 Å². The lowest BCUT2D eigenvalue weighted by atomic mass is 10.1. The highest BCUT2D eigenvalue weighted by Crippen LogP contribution is 2.25. The van der Waals surface area contributed by atoms with E-state index in [1.807, 2.05) is 0 Å². The van der Waals surface area contributed by atoms with Gasteiger partial charge in [-0.2, -0.15) is 0 Å². The van der Waals surface area contributed by atoms with Gasteiger partial charge in [-0.25, -0.2) is 4.79 Å². The first-order chi connectivity index (χ1) is 11.0. The van der Waals surface area contributed by atoms with Crippen LogP contribution in [0.15, 0.2) is 27.4 Å². The Hall–Kier alpha value is -2.83. The first-order valence-corrected chi connectivity index (χ1v) is 7.27. The largest absolute Gasteiger partial charge is 0.481 e. The lowest BCUT2D eigenvalue weighted by molar-refractivity contribution is -0.136. The van der Waals surface area contributed by atoms with Gasteiger partial charge in [0.15, 0.2) is 5.43 Å². The Morgan fingerprint density at radius 3 is 2.48 bits per heavy atom. The number of anilines is 1. The van der Waals surface area contributed by atoms with Gasteiger partial charge in [0, 0.05) is 18.8 Å². The summed E-state index contributed by atoms with van der Waals surface area (Å²) in [6.45, 7) is 1.79. The zero-order valence-corrected chi connectivity index (χ0v) is 12.2. The van der Waals surface area contributed by atoms with Gasteiger partial charge in [0.25, 0.3) is 0 Å². The topological polar surface area (TPSA) is 108 Å². The molecule has 23 heavy (non-hydrogen) atoms. The Bertz CT molecular complexity index is 848. The van der Waals surface area contributed by atoms with Gasteiger partial charge in [-0.15, -0.1) is 0 Å². The van der Waals surface area contributed by atoms with Crippen molar-refractivity contribution in [2.75, 3.05) is 18.0 Å². The van der Waals surface area contributed by atoms with E-state index >= 15 is 0 Å². The van der Waals surface area contributed by atoms with E-state index in [1.165, 1.54) is 0 Å². The molecule has 0 unspecified atom stereocenters. The van der Waals surface area contributed by atoms with E-state index in [0.29, 0.717) is 0 Å². The summed E-state index contributed by atoms with van der Waals surface area (Å²) >= 11 is 0. The van der Waals surface area contributed by atoms with Gasteiger partial charge in [-0.05, 0) is 31.0 Å². The number of hydrogen-bond acceptors (Lipinski definition) is 5. The molecule has 0 aliphatic carbocycles. The van der Waals surface area contributed by atoms with Gasteiger partial charge < -0.3 is 19.5 Å². The number of aliphatic carboxylic acids is 1. The molecule has 1 aliphatic heterocycles. The van der Waals surface area contributed by atoms with Gasteiger partial charge >= 0.3 is 11.9 Å². The molecule has 1 saturated heterocycles. The highest BCUT2D eigenvalue weighted by molar-refractivity contribution is 5.92. The van der Waals surface area contributed by atoms with Crippen LogP contribution in [-0.4, -0.2) is 35.2 Å². The Labute approximate surface area is 130 Å². The third kappa shape index (κ3) is 2.77. The van der Waals surface area contributed by atoms with Crippen molar-refractivity contribution in [1.82, 2.24) is 0 Å². The van der Waals surface area contributed by atoms with E-state index in [1.54, 1.807) is 18.2 Å². The monoisotopic (exact) mass is 317 g/mol. The van der Waals surface area contributed by atoms with Gasteiger partial charge in [0.2, 0.25) is 5.76 Å². The minimum absolute atomic E-state index is 0.143. The van der Waals surface area contributed by atoms with Crippen LogP contribution in [0, 0.1) is 0 Å². The predicted molar refractivity (Wildman–Crippen MR) is 82.2 cm³/mol. The number of fused-ring (bicyclic) bond motifs is 1. The normalized spacial score (nSPS) is 14.3. The van der Waals surface area contributed by atoms with E-state index in [2.05, 4.69) is 4.90 Å². The van der Waals surface area contributed by atoms with Crippen molar-refractivity contribution in [3.63, 3.8) is 0 Å². The number of carbonyl (C=O) groups is 2. The highest BCUT2D eigenvalue weighted by Gasteiger charge is 2.22. The van der Waals surface area contributed by atoms with E-state index < -0.39 is 29.5 Å². The number of rotatable bonds is 4. The van der Waals surface area contributed by atoms with Crippen LogP contribution < -0.4 is 10.3 Å². The number of nitrogens with zero attached hydrogens (tertiary/aromatic N) is 1. The van der Waals surface area contributed by atoms with Crippen LogP contribution in [0.25, 0.3) is 11.0 Å². The summed E-state index contributed by atoms with van der Waals surface area (Å²) in [6, 6.07) is 4.98. The maximum atomic E-state index is 12.6. The second-order valence-corrected chi connectivity index (χ2v) is 5.49. The molecular weight excluding hydrogens is 302 g/mol. The molecule has 0 radical (unpaired) electrons. The molecule has 0 spiro atoms. The van der Waals surface area contributed by atoms with Crippen LogP contribution in [0.4, 0.5) is 5.69 Å². The van der Waals surface area contributed by atoms with Crippen LogP contribution >= 0.6 is 0 Å². The fourth-order valence-corrected chi connectivity index (χ4v) is 2.88. The lowest BCUT2D eigenvalue weighted by Gasteiger charge is -2.17. The molecule has 3 rings (SSSR count). The summed E-state index contributed by atoms with van der Waals surface area (Å²) in [5.74, 6) is -3.35. The second-order valence-electron chi connectivity index (χ2n) is 5.49. The Morgan fingerprint density at radius 1 is 1.17 bits per heavy atom. The summed E-state index contributed by atoms with van der Waals surface area (Å²) in [5.41, 5.74) is 0.0549. The van der Waals surface area contributed by atoms with Gasteiger partial charge in [-0.1, -0.05) is 0 Å². The van der Waals surface area contributed by atoms with E-state index in [0.717, 1.165) is 31.6 Å². The van der Waals surface area contributed by atoms with E-state index in [4.69, 9.17) is 14.6 Å². The van der Waals surface area contributed by atoms with Crippen LogP contribution in [0.3, 0.4) is 0 Å². The maximum absolute atomic E-state index is 12.6. The average molecular weight is 317 g/mol. The molecular formula is C16H15NO6. The van der Waals surface area contributed by atoms with Crippen molar-refractivity contribution in [1.29, 1.82) is 0 Å². The number of hydrogen-bond donors (Lipinski definition) is 2. The molecule has 1 aromatic carbocycles. The molecule has 0 atom stereocenters. The van der Waals surface area contributed by atoms with Crippen molar-refractivity contribution < 1.29 is 24.2 Å². The van der Waals surface area contributed by atoms with E-state index in [9.17, 15) is 14.4 Å². The third-order valence-electron chi connectivity index (χ3n) is 3.96. The molecule has 120 valence electrons. The van der Waals surface area contributed by atoms with Gasteiger partial charge in [-0.3, -0.25) is 9.59 Å². The molecule has 0 bridgehead atoms. The summed E-state index contributed by atoms with van der Waals surface area (Å²) in [6.07, 6.45) is 1.47. The molecule has 2 aromatic rings. The Balaban J connectivity index is 2.20. The molecule has 1 aliphatic rings. The highest BCUT2D eigenvalue weighted by atomic mass is 16.4. The zero-order chi connectivity index (χ0) is 16.6. The maximum Gasteiger partial charge on any atom is 0.372 e. The third-order valence-corrected chi connectivity index (χ3v) is 3.96.